The maximum Gasteiger partial charge on any atom is 0.0167 e. The lowest BCUT2D eigenvalue weighted by molar-refractivity contribution is 0.509. The minimum Gasteiger partial charge on any atom is -0.175 e. The van der Waals surface area contributed by atoms with Crippen LogP contribution in [0.4, 0.5) is 0 Å². The summed E-state index contributed by atoms with van der Waals surface area (Å²) in [6.07, 6.45) is 11.0. The molecule has 0 aromatic heterocycles. The van der Waals surface area contributed by atoms with Gasteiger partial charge in [-0.2, -0.15) is 37.0 Å². The lowest BCUT2D eigenvalue weighted by atomic mass is 9.99. The first-order valence-electron chi connectivity index (χ1n) is 6.29. The van der Waals surface area contributed by atoms with E-state index < -0.39 is 0 Å². The second kappa shape index (κ2) is 6.11. The van der Waals surface area contributed by atoms with Crippen molar-refractivity contribution in [1.82, 2.24) is 0 Å². The molecule has 88 valence electrons. The zero-order valence-electron chi connectivity index (χ0n) is 9.27. The number of thioether (sulfide) groups is 1. The summed E-state index contributed by atoms with van der Waals surface area (Å²) < 4.78 is 0. The third-order valence-electron chi connectivity index (χ3n) is 3.68. The molecule has 2 fully saturated rings. The number of hydrogen-bond acceptors (Lipinski definition) is 3. The Morgan fingerprint density at radius 2 is 1.07 bits per heavy atom. The maximum absolute atomic E-state index is 4.74. The SMILES string of the molecule is SC1CCCCC1SC1CCCCC1S. The van der Waals surface area contributed by atoms with Gasteiger partial charge in [-0.1, -0.05) is 25.7 Å². The van der Waals surface area contributed by atoms with Crippen LogP contribution in [0.15, 0.2) is 0 Å². The highest BCUT2D eigenvalue weighted by Crippen LogP contribution is 2.40. The van der Waals surface area contributed by atoms with E-state index in [0.717, 1.165) is 10.5 Å². The van der Waals surface area contributed by atoms with Crippen LogP contribution in [-0.4, -0.2) is 21.0 Å². The zero-order valence-corrected chi connectivity index (χ0v) is 11.9. The molecule has 0 aliphatic heterocycles. The van der Waals surface area contributed by atoms with Crippen LogP contribution < -0.4 is 0 Å². The minimum atomic E-state index is 0.645. The van der Waals surface area contributed by atoms with Crippen LogP contribution in [0.25, 0.3) is 0 Å². The molecule has 2 aliphatic carbocycles. The molecular formula is C12H22S3. The van der Waals surface area contributed by atoms with Crippen molar-refractivity contribution in [2.45, 2.75) is 72.4 Å². The van der Waals surface area contributed by atoms with Crippen LogP contribution in [0.1, 0.15) is 51.4 Å². The third kappa shape index (κ3) is 3.50. The topological polar surface area (TPSA) is 0 Å². The number of hydrogen-bond donors (Lipinski definition) is 2. The Morgan fingerprint density at radius 1 is 0.667 bits per heavy atom. The van der Waals surface area contributed by atoms with Crippen LogP contribution >= 0.6 is 37.0 Å². The Kier molecular flexibility index (Phi) is 5.09. The predicted molar refractivity (Wildman–Crippen MR) is 77.7 cm³/mol. The summed E-state index contributed by atoms with van der Waals surface area (Å²) in [5, 5.41) is 2.90. The van der Waals surface area contributed by atoms with Crippen LogP contribution in [0.3, 0.4) is 0 Å². The molecule has 3 heteroatoms. The first kappa shape index (κ1) is 12.5. The second-order valence-electron chi connectivity index (χ2n) is 4.92. The van der Waals surface area contributed by atoms with Crippen LogP contribution in [0, 0.1) is 0 Å². The maximum atomic E-state index is 4.74. The molecule has 4 atom stereocenters. The van der Waals surface area contributed by atoms with Gasteiger partial charge in [0.2, 0.25) is 0 Å². The molecule has 0 spiro atoms. The van der Waals surface area contributed by atoms with Crippen molar-refractivity contribution in [3.63, 3.8) is 0 Å². The highest BCUT2D eigenvalue weighted by Gasteiger charge is 2.29. The van der Waals surface area contributed by atoms with E-state index in [1.165, 1.54) is 51.4 Å². The zero-order chi connectivity index (χ0) is 10.7. The standard InChI is InChI=1S/C12H22S3/c13-9-5-1-3-7-11(9)15-12-8-4-2-6-10(12)14/h9-14H,1-8H2. The molecule has 0 nitrogen and oxygen atoms in total. The summed E-state index contributed by atoms with van der Waals surface area (Å²) in [7, 11) is 0. The highest BCUT2D eigenvalue weighted by molar-refractivity contribution is 8.02. The van der Waals surface area contributed by atoms with Gasteiger partial charge < -0.3 is 0 Å². The Bertz CT molecular complexity index is 175. The molecule has 0 heterocycles. The normalized spacial score (nSPS) is 42.8. The van der Waals surface area contributed by atoms with E-state index in [4.69, 9.17) is 25.3 Å². The molecule has 0 saturated heterocycles. The van der Waals surface area contributed by atoms with Crippen molar-refractivity contribution < 1.29 is 0 Å². The summed E-state index contributed by atoms with van der Waals surface area (Å²) in [5.74, 6) is 0. The number of rotatable bonds is 2. The summed E-state index contributed by atoms with van der Waals surface area (Å²) >= 11 is 11.7. The Hall–Kier alpha value is 1.05. The lowest BCUT2D eigenvalue weighted by Gasteiger charge is -2.34. The smallest absolute Gasteiger partial charge is 0.0167 e. The summed E-state index contributed by atoms with van der Waals surface area (Å²) in [4.78, 5) is 0. The van der Waals surface area contributed by atoms with Gasteiger partial charge in [0.15, 0.2) is 0 Å². The Balaban J connectivity index is 1.83. The Morgan fingerprint density at radius 3 is 1.47 bits per heavy atom. The molecule has 0 radical (unpaired) electrons. The molecule has 0 bridgehead atoms. The fourth-order valence-corrected chi connectivity index (χ4v) is 5.47. The van der Waals surface area contributed by atoms with Gasteiger partial charge in [0.25, 0.3) is 0 Å². The summed E-state index contributed by atoms with van der Waals surface area (Å²) in [6, 6.07) is 0. The van der Waals surface area contributed by atoms with Crippen molar-refractivity contribution >= 4 is 37.0 Å². The fourth-order valence-electron chi connectivity index (χ4n) is 2.70. The van der Waals surface area contributed by atoms with Gasteiger partial charge in [-0.15, -0.1) is 0 Å². The van der Waals surface area contributed by atoms with Crippen molar-refractivity contribution in [2.24, 2.45) is 0 Å². The first-order valence-corrected chi connectivity index (χ1v) is 8.26. The van der Waals surface area contributed by atoms with Crippen LogP contribution in [-0.2, 0) is 0 Å². The van der Waals surface area contributed by atoms with E-state index in [9.17, 15) is 0 Å². The van der Waals surface area contributed by atoms with Crippen LogP contribution in [0.5, 0.6) is 0 Å². The van der Waals surface area contributed by atoms with E-state index in [1.54, 1.807) is 0 Å². The van der Waals surface area contributed by atoms with E-state index >= 15 is 0 Å². The van der Waals surface area contributed by atoms with Gasteiger partial charge >= 0.3 is 0 Å². The first-order chi connectivity index (χ1) is 7.27. The van der Waals surface area contributed by atoms with Crippen LogP contribution in [0.2, 0.25) is 0 Å². The monoisotopic (exact) mass is 262 g/mol. The van der Waals surface area contributed by atoms with Crippen molar-refractivity contribution in [3.8, 4) is 0 Å². The highest BCUT2D eigenvalue weighted by atomic mass is 32.2. The largest absolute Gasteiger partial charge is 0.175 e. The summed E-state index contributed by atoms with van der Waals surface area (Å²) in [5.41, 5.74) is 0. The fraction of sp³-hybridized carbons (Fsp3) is 1.00. The van der Waals surface area contributed by atoms with Crippen molar-refractivity contribution in [2.75, 3.05) is 0 Å². The molecule has 2 rings (SSSR count). The molecule has 0 N–H and O–H groups in total. The van der Waals surface area contributed by atoms with Gasteiger partial charge in [0, 0.05) is 21.0 Å². The van der Waals surface area contributed by atoms with E-state index in [-0.39, 0.29) is 0 Å². The predicted octanol–water partition coefficient (Wildman–Crippen LogP) is 4.20. The van der Waals surface area contributed by atoms with Gasteiger partial charge in [-0.3, -0.25) is 0 Å². The molecular weight excluding hydrogens is 240 g/mol. The molecule has 0 aromatic rings. The van der Waals surface area contributed by atoms with E-state index in [1.807, 2.05) is 0 Å². The van der Waals surface area contributed by atoms with Gasteiger partial charge in [-0.25, -0.2) is 0 Å². The summed E-state index contributed by atoms with van der Waals surface area (Å²) in [6.45, 7) is 0. The Labute approximate surface area is 109 Å². The number of thiol groups is 2. The average molecular weight is 263 g/mol. The molecule has 2 aliphatic rings. The van der Waals surface area contributed by atoms with Crippen molar-refractivity contribution in [1.29, 1.82) is 0 Å². The van der Waals surface area contributed by atoms with Crippen molar-refractivity contribution in [3.05, 3.63) is 0 Å². The lowest BCUT2D eigenvalue weighted by Crippen LogP contribution is -2.30. The average Bonchev–Trinajstić information content (AvgIpc) is 2.24. The molecule has 0 amide bonds. The molecule has 15 heavy (non-hydrogen) atoms. The third-order valence-corrected chi connectivity index (χ3v) is 7.15. The second-order valence-corrected chi connectivity index (χ2v) is 7.73. The van der Waals surface area contributed by atoms with E-state index in [0.29, 0.717) is 10.5 Å². The van der Waals surface area contributed by atoms with Gasteiger partial charge in [-0.05, 0) is 25.7 Å². The van der Waals surface area contributed by atoms with Gasteiger partial charge in [0.05, 0.1) is 0 Å². The van der Waals surface area contributed by atoms with E-state index in [2.05, 4.69) is 11.8 Å². The minimum absolute atomic E-state index is 0.645. The van der Waals surface area contributed by atoms with Gasteiger partial charge in [0.1, 0.15) is 0 Å². The quantitative estimate of drug-likeness (QED) is 0.703. The molecule has 4 unspecified atom stereocenters. The molecule has 2 saturated carbocycles. The molecule has 0 aromatic carbocycles.